The van der Waals surface area contributed by atoms with Gasteiger partial charge in [0.1, 0.15) is 4.88 Å². The Hall–Kier alpha value is -1.47. The minimum Gasteiger partial charge on any atom is -0.480 e. The predicted octanol–water partition coefficient (Wildman–Crippen LogP) is 1.14. The predicted molar refractivity (Wildman–Crippen MR) is 66.7 cm³/mol. The molecule has 0 aliphatic carbocycles. The van der Waals surface area contributed by atoms with Gasteiger partial charge in [-0.25, -0.2) is 4.79 Å². The molecule has 0 saturated heterocycles. The zero-order chi connectivity index (χ0) is 13.8. The van der Waals surface area contributed by atoms with Gasteiger partial charge >= 0.3 is 5.97 Å². The first-order chi connectivity index (χ1) is 8.29. The van der Waals surface area contributed by atoms with Gasteiger partial charge in [-0.1, -0.05) is 0 Å². The van der Waals surface area contributed by atoms with Gasteiger partial charge in [-0.3, -0.25) is 9.78 Å². The Labute approximate surface area is 109 Å². The van der Waals surface area contributed by atoms with Crippen LogP contribution in [0.1, 0.15) is 30.4 Å². The lowest BCUT2D eigenvalue weighted by molar-refractivity contribution is -0.142. The number of aromatic nitrogens is 1. The fraction of sp³-hybridized carbons (Fsp3) is 0.545. The Morgan fingerprint density at radius 3 is 2.67 bits per heavy atom. The number of hydrogen-bond acceptors (Lipinski definition) is 5. The van der Waals surface area contributed by atoms with Gasteiger partial charge in [0.25, 0.3) is 5.91 Å². The summed E-state index contributed by atoms with van der Waals surface area (Å²) in [7, 11) is 0. The summed E-state index contributed by atoms with van der Waals surface area (Å²) in [5.74, 6) is -1.58. The average molecular weight is 272 g/mol. The Bertz CT molecular complexity index is 411. The second-order valence-corrected chi connectivity index (χ2v) is 5.54. The topological polar surface area (TPSA) is 88.5 Å². The van der Waals surface area contributed by atoms with Gasteiger partial charge < -0.3 is 15.2 Å². The summed E-state index contributed by atoms with van der Waals surface area (Å²) in [5, 5.41) is 11.4. The zero-order valence-electron chi connectivity index (χ0n) is 10.5. The first-order valence-electron chi connectivity index (χ1n) is 5.36. The van der Waals surface area contributed by atoms with Gasteiger partial charge in [0, 0.05) is 0 Å². The second kappa shape index (κ2) is 5.92. The van der Waals surface area contributed by atoms with Crippen molar-refractivity contribution in [2.45, 2.75) is 32.4 Å². The number of ether oxygens (including phenoxy) is 1. The van der Waals surface area contributed by atoms with Crippen molar-refractivity contribution in [3.63, 3.8) is 0 Å². The van der Waals surface area contributed by atoms with Gasteiger partial charge in [0.15, 0.2) is 6.04 Å². The Kier molecular flexibility index (Phi) is 4.80. The summed E-state index contributed by atoms with van der Waals surface area (Å²) >= 11 is 1.15. The highest BCUT2D eigenvalue weighted by atomic mass is 32.1. The standard InChI is InChI=1S/C11H16N2O4S/c1-11(2,3)17-5-7(10(15)16)13-9(14)8-4-12-6-18-8/h4,6-7H,5H2,1-3H3,(H,13,14)(H,15,16)/t7-/m0/s1. The molecular weight excluding hydrogens is 256 g/mol. The van der Waals surface area contributed by atoms with E-state index in [4.69, 9.17) is 9.84 Å². The molecule has 2 N–H and O–H groups in total. The van der Waals surface area contributed by atoms with Crippen LogP contribution < -0.4 is 5.32 Å². The monoisotopic (exact) mass is 272 g/mol. The molecule has 1 amide bonds. The van der Waals surface area contributed by atoms with E-state index in [0.717, 1.165) is 11.3 Å². The van der Waals surface area contributed by atoms with Crippen LogP contribution in [0.2, 0.25) is 0 Å². The summed E-state index contributed by atoms with van der Waals surface area (Å²) in [6.07, 6.45) is 1.39. The van der Waals surface area contributed by atoms with Gasteiger partial charge in [0.05, 0.1) is 23.9 Å². The third-order valence-electron chi connectivity index (χ3n) is 1.94. The number of rotatable bonds is 5. The number of nitrogens with one attached hydrogen (secondary N) is 1. The molecule has 6 nitrogen and oxygen atoms in total. The lowest BCUT2D eigenvalue weighted by Gasteiger charge is -2.22. The molecule has 1 aromatic rings. The largest absolute Gasteiger partial charge is 0.480 e. The molecule has 1 atom stereocenters. The van der Waals surface area contributed by atoms with E-state index in [-0.39, 0.29) is 6.61 Å². The van der Waals surface area contributed by atoms with Crippen LogP contribution in [0, 0.1) is 0 Å². The molecule has 0 bridgehead atoms. The lowest BCUT2D eigenvalue weighted by atomic mass is 10.2. The Morgan fingerprint density at radius 2 is 2.22 bits per heavy atom. The fourth-order valence-electron chi connectivity index (χ4n) is 1.07. The number of nitrogens with zero attached hydrogens (tertiary/aromatic N) is 1. The number of carboxylic acid groups (broad SMARTS) is 1. The van der Waals surface area contributed by atoms with E-state index in [2.05, 4.69) is 10.3 Å². The molecule has 0 unspecified atom stereocenters. The van der Waals surface area contributed by atoms with Crippen LogP contribution in [-0.4, -0.2) is 40.2 Å². The third kappa shape index (κ3) is 4.80. The number of aliphatic carboxylic acids is 1. The maximum atomic E-state index is 11.7. The molecule has 0 spiro atoms. The van der Waals surface area contributed by atoms with Gasteiger partial charge in [-0.05, 0) is 20.8 Å². The molecule has 7 heteroatoms. The van der Waals surface area contributed by atoms with E-state index in [0.29, 0.717) is 4.88 Å². The molecule has 1 heterocycles. The van der Waals surface area contributed by atoms with Crippen LogP contribution in [0.3, 0.4) is 0 Å². The third-order valence-corrected chi connectivity index (χ3v) is 2.71. The summed E-state index contributed by atoms with van der Waals surface area (Å²) in [4.78, 5) is 26.8. The molecule has 0 radical (unpaired) electrons. The van der Waals surface area contributed by atoms with Crippen molar-refractivity contribution >= 4 is 23.2 Å². The summed E-state index contributed by atoms with van der Waals surface area (Å²) in [6.45, 7) is 5.37. The normalized spacial score (nSPS) is 13.1. The molecule has 0 saturated carbocycles. The number of carbonyl (C=O) groups is 2. The molecule has 100 valence electrons. The number of carboxylic acids is 1. The Morgan fingerprint density at radius 1 is 1.56 bits per heavy atom. The van der Waals surface area contributed by atoms with E-state index in [9.17, 15) is 9.59 Å². The molecule has 0 aliphatic heterocycles. The molecule has 0 aliphatic rings. The molecule has 0 fully saturated rings. The zero-order valence-corrected chi connectivity index (χ0v) is 11.3. The highest BCUT2D eigenvalue weighted by molar-refractivity contribution is 7.11. The van der Waals surface area contributed by atoms with E-state index in [1.54, 1.807) is 0 Å². The van der Waals surface area contributed by atoms with Crippen LogP contribution in [0.15, 0.2) is 11.7 Å². The Balaban J connectivity index is 2.58. The van der Waals surface area contributed by atoms with E-state index >= 15 is 0 Å². The van der Waals surface area contributed by atoms with E-state index in [1.807, 2.05) is 20.8 Å². The van der Waals surface area contributed by atoms with Crippen LogP contribution in [-0.2, 0) is 9.53 Å². The quantitative estimate of drug-likeness (QED) is 0.839. The number of hydrogen-bond donors (Lipinski definition) is 2. The molecule has 1 rings (SSSR count). The summed E-state index contributed by atoms with van der Waals surface area (Å²) < 4.78 is 5.36. The maximum absolute atomic E-state index is 11.7. The maximum Gasteiger partial charge on any atom is 0.328 e. The highest BCUT2D eigenvalue weighted by Crippen LogP contribution is 2.09. The van der Waals surface area contributed by atoms with Crippen molar-refractivity contribution in [3.8, 4) is 0 Å². The van der Waals surface area contributed by atoms with Crippen molar-refractivity contribution in [2.24, 2.45) is 0 Å². The fourth-order valence-corrected chi connectivity index (χ4v) is 1.59. The lowest BCUT2D eigenvalue weighted by Crippen LogP contribution is -2.45. The molecule has 0 aromatic carbocycles. The van der Waals surface area contributed by atoms with Crippen molar-refractivity contribution in [1.29, 1.82) is 0 Å². The van der Waals surface area contributed by atoms with Gasteiger partial charge in [-0.15, -0.1) is 11.3 Å². The van der Waals surface area contributed by atoms with E-state index in [1.165, 1.54) is 11.7 Å². The van der Waals surface area contributed by atoms with Crippen LogP contribution in [0.4, 0.5) is 0 Å². The van der Waals surface area contributed by atoms with Gasteiger partial charge in [-0.2, -0.15) is 0 Å². The van der Waals surface area contributed by atoms with Crippen LogP contribution in [0.25, 0.3) is 0 Å². The van der Waals surface area contributed by atoms with Crippen molar-refractivity contribution < 1.29 is 19.4 Å². The molecular formula is C11H16N2O4S. The number of carbonyl (C=O) groups excluding carboxylic acids is 1. The van der Waals surface area contributed by atoms with Crippen molar-refractivity contribution in [3.05, 3.63) is 16.6 Å². The SMILES string of the molecule is CC(C)(C)OC[C@H](NC(=O)c1cncs1)C(=O)O. The van der Waals surface area contributed by atoms with Crippen LogP contribution >= 0.6 is 11.3 Å². The first-order valence-corrected chi connectivity index (χ1v) is 6.23. The first kappa shape index (κ1) is 14.6. The number of amides is 1. The summed E-state index contributed by atoms with van der Waals surface area (Å²) in [5.41, 5.74) is 1.05. The molecule has 1 aromatic heterocycles. The molecule has 18 heavy (non-hydrogen) atoms. The minimum atomic E-state index is -1.13. The minimum absolute atomic E-state index is 0.0800. The van der Waals surface area contributed by atoms with Gasteiger partial charge in [0.2, 0.25) is 0 Å². The van der Waals surface area contributed by atoms with Crippen molar-refractivity contribution in [1.82, 2.24) is 10.3 Å². The average Bonchev–Trinajstić information content (AvgIpc) is 2.75. The van der Waals surface area contributed by atoms with E-state index < -0.39 is 23.5 Å². The van der Waals surface area contributed by atoms with Crippen LogP contribution in [0.5, 0.6) is 0 Å². The van der Waals surface area contributed by atoms with Crippen molar-refractivity contribution in [2.75, 3.05) is 6.61 Å². The second-order valence-electron chi connectivity index (χ2n) is 4.65. The smallest absolute Gasteiger partial charge is 0.328 e. The summed E-state index contributed by atoms with van der Waals surface area (Å²) in [6, 6.07) is -1.07. The number of thiazole rings is 1. The highest BCUT2D eigenvalue weighted by Gasteiger charge is 2.24.